The second kappa shape index (κ2) is 9.30. The van der Waals surface area contributed by atoms with Crippen molar-refractivity contribution >= 4 is 18.2 Å². The lowest BCUT2D eigenvalue weighted by Gasteiger charge is -2.25. The summed E-state index contributed by atoms with van der Waals surface area (Å²) in [5, 5.41) is 11.7. The number of aliphatic carboxylic acids is 1. The van der Waals surface area contributed by atoms with Crippen LogP contribution in [-0.4, -0.2) is 60.0 Å². The molecule has 1 aliphatic rings. The standard InChI is InChI=1S/C24H28N2O6/c1-24(2,3)32-22(29)25-20(21(27)28)13-26(4)23(30)31-14-19-17-11-7-5-9-15(17)16-10-6-8-12-18(16)19/h5-12,19-20H,13-14H2,1-4H3,(H,25,29)(H,27,28)/t20-/m0/s1. The molecule has 0 spiro atoms. The Bertz CT molecular complexity index is 968. The highest BCUT2D eigenvalue weighted by atomic mass is 16.6. The first-order valence-electron chi connectivity index (χ1n) is 10.3. The highest BCUT2D eigenvalue weighted by molar-refractivity contribution is 5.81. The molecule has 8 nitrogen and oxygen atoms in total. The molecule has 32 heavy (non-hydrogen) atoms. The zero-order valence-corrected chi connectivity index (χ0v) is 18.6. The van der Waals surface area contributed by atoms with Crippen LogP contribution in [0.4, 0.5) is 9.59 Å². The number of carboxylic acid groups (broad SMARTS) is 1. The van der Waals surface area contributed by atoms with E-state index in [1.807, 2.05) is 48.5 Å². The van der Waals surface area contributed by atoms with Crippen molar-refractivity contribution in [2.24, 2.45) is 0 Å². The predicted octanol–water partition coefficient (Wildman–Crippen LogP) is 3.85. The Morgan fingerprint density at radius 1 is 1.03 bits per heavy atom. The minimum absolute atomic E-state index is 0.102. The van der Waals surface area contributed by atoms with Crippen molar-refractivity contribution in [3.8, 4) is 11.1 Å². The molecule has 2 aromatic carbocycles. The van der Waals surface area contributed by atoms with Crippen LogP contribution in [0.2, 0.25) is 0 Å². The third-order valence-corrected chi connectivity index (χ3v) is 5.09. The van der Waals surface area contributed by atoms with Crippen LogP contribution in [0.25, 0.3) is 11.1 Å². The van der Waals surface area contributed by atoms with E-state index in [0.29, 0.717) is 0 Å². The summed E-state index contributed by atoms with van der Waals surface area (Å²) < 4.78 is 10.6. The highest BCUT2D eigenvalue weighted by Gasteiger charge is 2.31. The molecule has 1 aliphatic carbocycles. The monoisotopic (exact) mass is 440 g/mol. The van der Waals surface area contributed by atoms with Crippen molar-refractivity contribution in [1.29, 1.82) is 0 Å². The molecule has 1 atom stereocenters. The summed E-state index contributed by atoms with van der Waals surface area (Å²) in [4.78, 5) is 37.2. The minimum atomic E-state index is -1.34. The quantitative estimate of drug-likeness (QED) is 0.707. The summed E-state index contributed by atoms with van der Waals surface area (Å²) in [7, 11) is 1.42. The number of benzene rings is 2. The van der Waals surface area contributed by atoms with Crippen LogP contribution in [0.1, 0.15) is 37.8 Å². The summed E-state index contributed by atoms with van der Waals surface area (Å²) in [6, 6.07) is 14.6. The number of ether oxygens (including phenoxy) is 2. The van der Waals surface area contributed by atoms with E-state index in [1.165, 1.54) is 7.05 Å². The van der Waals surface area contributed by atoms with Crippen molar-refractivity contribution < 1.29 is 29.0 Å². The lowest BCUT2D eigenvalue weighted by Crippen LogP contribution is -2.50. The smallest absolute Gasteiger partial charge is 0.409 e. The van der Waals surface area contributed by atoms with Gasteiger partial charge in [0.25, 0.3) is 0 Å². The number of carbonyl (C=O) groups is 3. The molecule has 3 rings (SSSR count). The van der Waals surface area contributed by atoms with Crippen LogP contribution >= 0.6 is 0 Å². The Kier molecular flexibility index (Phi) is 6.72. The molecule has 2 amide bonds. The molecule has 2 N–H and O–H groups in total. The van der Waals surface area contributed by atoms with Crippen molar-refractivity contribution in [2.75, 3.05) is 20.2 Å². The molecule has 2 aromatic rings. The van der Waals surface area contributed by atoms with E-state index in [4.69, 9.17) is 9.47 Å². The van der Waals surface area contributed by atoms with Gasteiger partial charge in [-0.25, -0.2) is 14.4 Å². The molecule has 0 fully saturated rings. The molecule has 0 aromatic heterocycles. The summed E-state index contributed by atoms with van der Waals surface area (Å²) in [6.07, 6.45) is -1.55. The summed E-state index contributed by atoms with van der Waals surface area (Å²) in [5.74, 6) is -1.39. The number of amides is 2. The van der Waals surface area contributed by atoms with E-state index in [1.54, 1.807) is 20.8 Å². The van der Waals surface area contributed by atoms with Crippen LogP contribution in [0.15, 0.2) is 48.5 Å². The molecular formula is C24H28N2O6. The van der Waals surface area contributed by atoms with Crippen LogP contribution in [0.5, 0.6) is 0 Å². The zero-order valence-electron chi connectivity index (χ0n) is 18.6. The first kappa shape index (κ1) is 23.1. The van der Waals surface area contributed by atoms with Gasteiger partial charge in [-0.3, -0.25) is 0 Å². The van der Waals surface area contributed by atoms with Gasteiger partial charge in [0.1, 0.15) is 18.2 Å². The molecule has 0 saturated heterocycles. The number of hydrogen-bond acceptors (Lipinski definition) is 5. The molecular weight excluding hydrogens is 412 g/mol. The van der Waals surface area contributed by atoms with Gasteiger partial charge in [-0.1, -0.05) is 48.5 Å². The molecule has 0 unspecified atom stereocenters. The minimum Gasteiger partial charge on any atom is -0.480 e. The van der Waals surface area contributed by atoms with Gasteiger partial charge in [-0.2, -0.15) is 0 Å². The number of nitrogens with zero attached hydrogens (tertiary/aromatic N) is 1. The molecule has 0 heterocycles. The van der Waals surface area contributed by atoms with Gasteiger partial charge >= 0.3 is 18.2 Å². The van der Waals surface area contributed by atoms with Crippen molar-refractivity contribution in [2.45, 2.75) is 38.3 Å². The average molecular weight is 440 g/mol. The van der Waals surface area contributed by atoms with Crippen molar-refractivity contribution in [1.82, 2.24) is 10.2 Å². The third-order valence-electron chi connectivity index (χ3n) is 5.09. The predicted molar refractivity (Wildman–Crippen MR) is 118 cm³/mol. The highest BCUT2D eigenvalue weighted by Crippen LogP contribution is 2.44. The van der Waals surface area contributed by atoms with Crippen LogP contribution in [0.3, 0.4) is 0 Å². The van der Waals surface area contributed by atoms with Gasteiger partial charge in [0, 0.05) is 13.0 Å². The average Bonchev–Trinajstić information content (AvgIpc) is 3.04. The van der Waals surface area contributed by atoms with Crippen molar-refractivity contribution in [3.63, 3.8) is 0 Å². The number of nitrogens with one attached hydrogen (secondary N) is 1. The molecule has 0 aliphatic heterocycles. The van der Waals surface area contributed by atoms with Crippen LogP contribution < -0.4 is 5.32 Å². The van der Waals surface area contributed by atoms with Gasteiger partial charge in [0.05, 0.1) is 6.54 Å². The molecule has 0 radical (unpaired) electrons. The van der Waals surface area contributed by atoms with Crippen LogP contribution in [-0.2, 0) is 14.3 Å². The van der Waals surface area contributed by atoms with E-state index in [0.717, 1.165) is 27.2 Å². The number of carbonyl (C=O) groups excluding carboxylic acids is 2. The maximum Gasteiger partial charge on any atom is 0.409 e. The van der Waals surface area contributed by atoms with Gasteiger partial charge in [0.15, 0.2) is 0 Å². The van der Waals surface area contributed by atoms with E-state index >= 15 is 0 Å². The van der Waals surface area contributed by atoms with E-state index in [-0.39, 0.29) is 19.1 Å². The first-order valence-corrected chi connectivity index (χ1v) is 10.3. The topological polar surface area (TPSA) is 105 Å². The van der Waals surface area contributed by atoms with E-state index in [9.17, 15) is 19.5 Å². The summed E-state index contributed by atoms with van der Waals surface area (Å²) in [6.45, 7) is 4.86. The SMILES string of the molecule is CN(C[C@H](NC(=O)OC(C)(C)C)C(=O)O)C(=O)OCC1c2ccccc2-c2ccccc21. The maximum absolute atomic E-state index is 12.6. The van der Waals surface area contributed by atoms with Gasteiger partial charge < -0.3 is 24.8 Å². The number of likely N-dealkylation sites (N-methyl/N-ethyl adjacent to an activating group) is 1. The Morgan fingerprint density at radius 3 is 2.06 bits per heavy atom. The fourth-order valence-electron chi connectivity index (χ4n) is 3.69. The van der Waals surface area contributed by atoms with Gasteiger partial charge in [-0.15, -0.1) is 0 Å². The molecule has 0 bridgehead atoms. The van der Waals surface area contributed by atoms with Gasteiger partial charge in [-0.05, 0) is 43.0 Å². The number of fused-ring (bicyclic) bond motifs is 3. The first-order chi connectivity index (χ1) is 15.1. The Hall–Kier alpha value is -3.55. The number of rotatable bonds is 6. The number of carboxylic acids is 1. The lowest BCUT2D eigenvalue weighted by atomic mass is 9.98. The van der Waals surface area contributed by atoms with Crippen molar-refractivity contribution in [3.05, 3.63) is 59.7 Å². The third kappa shape index (κ3) is 5.38. The van der Waals surface area contributed by atoms with Gasteiger partial charge in [0.2, 0.25) is 0 Å². The Labute approximate surface area is 187 Å². The zero-order chi connectivity index (χ0) is 23.5. The fraction of sp³-hybridized carbons (Fsp3) is 0.375. The molecule has 8 heteroatoms. The second-order valence-electron chi connectivity index (χ2n) is 8.72. The fourth-order valence-corrected chi connectivity index (χ4v) is 3.69. The Balaban J connectivity index is 1.62. The summed E-state index contributed by atoms with van der Waals surface area (Å²) in [5.41, 5.74) is 3.62. The maximum atomic E-state index is 12.6. The largest absolute Gasteiger partial charge is 0.480 e. The second-order valence-corrected chi connectivity index (χ2v) is 8.72. The van der Waals surface area contributed by atoms with Crippen LogP contribution in [0, 0.1) is 0 Å². The normalized spacial score (nSPS) is 13.5. The number of alkyl carbamates (subject to hydrolysis) is 1. The molecule has 0 saturated carbocycles. The number of hydrogen-bond donors (Lipinski definition) is 2. The van der Waals surface area contributed by atoms with E-state index < -0.39 is 29.8 Å². The molecule has 170 valence electrons. The van der Waals surface area contributed by atoms with E-state index in [2.05, 4.69) is 5.32 Å². The Morgan fingerprint density at radius 2 is 1.56 bits per heavy atom. The lowest BCUT2D eigenvalue weighted by molar-refractivity contribution is -0.139. The summed E-state index contributed by atoms with van der Waals surface area (Å²) >= 11 is 0.